The molecule has 0 aromatic heterocycles. The van der Waals surface area contributed by atoms with Crippen molar-refractivity contribution < 1.29 is 201 Å². The maximum atomic E-state index is 14.1. The second-order valence-electron chi connectivity index (χ2n) is 32.6. The molecular formula is C82H119F21O23. The van der Waals surface area contributed by atoms with Crippen molar-refractivity contribution in [1.82, 2.24) is 0 Å². The topological polar surface area (TPSA) is 251 Å². The van der Waals surface area contributed by atoms with Crippen LogP contribution in [0.1, 0.15) is 235 Å². The quantitative estimate of drug-likeness (QED) is 0.0137. The minimum Gasteiger partial charge on any atom is -0.463 e. The van der Waals surface area contributed by atoms with Crippen LogP contribution in [0.4, 0.5) is 92.2 Å². The fraction of sp³-hybridized carbons (Fsp3) is 0.841. The largest absolute Gasteiger partial charge is 0.463 e. The summed E-state index contributed by atoms with van der Waals surface area (Å²) in [6.07, 6.45) is -11.1. The number of alkyl halides is 20. The molecule has 4 saturated carbocycles. The first-order chi connectivity index (χ1) is 58.3. The molecule has 10 unspecified atom stereocenters. The van der Waals surface area contributed by atoms with Crippen LogP contribution >= 0.6 is 0 Å². The minimum atomic E-state index is -5.52. The van der Waals surface area contributed by atoms with Crippen molar-refractivity contribution >= 4 is 29.8 Å². The smallest absolute Gasteiger partial charge is 0.443 e. The molecule has 4 aliphatic carbocycles. The number of halogens is 21. The zero-order valence-corrected chi connectivity index (χ0v) is 71.9. The molecule has 8 rings (SSSR count). The van der Waals surface area contributed by atoms with Gasteiger partial charge >= 0.3 is 72.8 Å². The Morgan fingerprint density at radius 2 is 0.976 bits per heavy atom. The Morgan fingerprint density at radius 3 is 1.44 bits per heavy atom. The van der Waals surface area contributed by atoms with Crippen molar-refractivity contribution in [3.63, 3.8) is 0 Å². The normalized spacial score (nSPS) is 27.8. The van der Waals surface area contributed by atoms with Gasteiger partial charge in [0.1, 0.15) is 31.0 Å². The van der Waals surface area contributed by atoms with Crippen LogP contribution in [0.25, 0.3) is 0 Å². The number of carbonyl (C=O) groups excluding carboxylic acids is 5. The summed E-state index contributed by atoms with van der Waals surface area (Å²) in [4.78, 5) is 58.1. The van der Waals surface area contributed by atoms with Gasteiger partial charge in [0.05, 0.1) is 38.4 Å². The molecule has 4 bridgehead atoms. The van der Waals surface area contributed by atoms with E-state index in [0.29, 0.717) is 24.2 Å². The summed E-state index contributed by atoms with van der Waals surface area (Å²) in [7, 11) is 0. The van der Waals surface area contributed by atoms with Crippen molar-refractivity contribution in [2.45, 2.75) is 344 Å². The summed E-state index contributed by atoms with van der Waals surface area (Å²) in [5.41, 5.74) is -10.1. The van der Waals surface area contributed by atoms with Gasteiger partial charge in [-0.3, -0.25) is 4.79 Å². The van der Waals surface area contributed by atoms with Gasteiger partial charge in [0, 0.05) is 38.6 Å². The number of rotatable bonds is 45. The Bertz CT molecular complexity index is 3370. The molecule has 0 amide bonds. The first-order valence-electron chi connectivity index (χ1n) is 41.8. The molecule has 0 radical (unpaired) electrons. The lowest BCUT2D eigenvalue weighted by molar-refractivity contribution is -0.483. The summed E-state index contributed by atoms with van der Waals surface area (Å²) < 4.78 is 366. The summed E-state index contributed by atoms with van der Waals surface area (Å²) in [5, 5.41) is 0. The summed E-state index contributed by atoms with van der Waals surface area (Å²) in [5.74, 6) is -22.6. The molecule has 8 fully saturated rings. The van der Waals surface area contributed by atoms with Gasteiger partial charge in [0.2, 0.25) is 23.5 Å². The first kappa shape index (κ1) is 113. The van der Waals surface area contributed by atoms with Gasteiger partial charge in [-0.1, -0.05) is 149 Å². The number of unbranched alkanes of at least 4 members (excludes halogenated alkanes) is 17. The van der Waals surface area contributed by atoms with E-state index in [-0.39, 0.29) is 52.5 Å². The first-order valence-corrected chi connectivity index (χ1v) is 41.8. The van der Waals surface area contributed by atoms with E-state index >= 15 is 0 Å². The van der Waals surface area contributed by atoms with E-state index in [1.54, 1.807) is 0 Å². The number of esters is 5. The fourth-order valence-electron chi connectivity index (χ4n) is 15.1. The number of carbonyl (C=O) groups is 5. The standard InChI is InChI=1S/C32H56F4O6.C26H34F6O8.C14H21F3O6.C10H8F8O3/c1-5-6-7-8-9-10-11-12-13-14-15-16-17-18-19-20-21-22-24-38-26-40-31(32(34,35)36)23-25-39-29(42-31)30(3,4)41-28(37)27(2)33;1-15(25(27,28)29)20(33)37-14-22(3)38-5-4-24(40-22,26(30,31)32)39-16(2)35-6-7-36-21(34)23-11-17-8-18(12-23)10-19(9-17)13-23;1-4-7-19-10(3)22-13(14(15,16)17)6-8-20-12(23-13)9-21-11(18)5-2;1-4(9(13,14)15)6(19)21-5-3-20-7(2,8(5,11)12)10(16,17)18/h29H,2,5-26H2,1,3-4H3;16-19H,1,4-14H2,2-3H3;5,10,12H,2,4,6-9H2,1,3H3;5H,1,3H2,2H3. The van der Waals surface area contributed by atoms with E-state index in [9.17, 15) is 116 Å². The molecule has 4 aliphatic heterocycles. The third-order valence-corrected chi connectivity index (χ3v) is 21.7. The number of ether oxygens (including phenoxy) is 18. The Hall–Kier alpha value is -5.68. The number of hydrogen-bond acceptors (Lipinski definition) is 23. The molecule has 4 heterocycles. The van der Waals surface area contributed by atoms with Crippen molar-refractivity contribution in [1.29, 1.82) is 0 Å². The van der Waals surface area contributed by atoms with Crippen molar-refractivity contribution in [3.8, 4) is 0 Å². The second-order valence-corrected chi connectivity index (χ2v) is 32.6. The lowest BCUT2D eigenvalue weighted by atomic mass is 9.49. The Kier molecular flexibility index (Phi) is 44.0. The van der Waals surface area contributed by atoms with E-state index in [1.165, 1.54) is 118 Å². The van der Waals surface area contributed by atoms with Gasteiger partial charge in [0.15, 0.2) is 37.4 Å². The van der Waals surface area contributed by atoms with Crippen molar-refractivity contribution in [3.05, 3.63) is 49.4 Å². The lowest BCUT2D eigenvalue weighted by Gasteiger charge is -2.55. The second kappa shape index (κ2) is 49.2. The molecule has 10 atom stereocenters. The Labute approximate surface area is 718 Å². The van der Waals surface area contributed by atoms with Crippen LogP contribution in [-0.2, 0) is 109 Å². The van der Waals surface area contributed by atoms with Crippen LogP contribution in [0.3, 0.4) is 0 Å². The molecular weight excluding hydrogens is 1750 g/mol. The fourth-order valence-corrected chi connectivity index (χ4v) is 15.1. The molecule has 126 heavy (non-hydrogen) atoms. The van der Waals surface area contributed by atoms with Crippen LogP contribution in [0.15, 0.2) is 49.4 Å². The average Bonchev–Trinajstić information content (AvgIpc) is 1.27. The van der Waals surface area contributed by atoms with Crippen LogP contribution in [0.2, 0.25) is 0 Å². The SMILES string of the molecule is C=C(C(=O)OC1COC(C)(C(F)(F)F)C1(F)F)C(F)(F)F.C=C(C(=O)OCC1(C)OCCC(OC(C)OCCOC(=O)C23CC4CC(CC(C4)C2)C3)(C(F)(F)F)O1)C(F)(F)F.C=C(F)C(=O)OC(C)(C)C1OCCC(OCOCCCCCCCCCCCCCCCCCCCC)(C(F)(F)F)O1.C=CC(=O)OCC1OCCC(OC(C)OCCC)(C(F)(F)F)O1. The van der Waals surface area contributed by atoms with Crippen LogP contribution < -0.4 is 0 Å². The zero-order chi connectivity index (χ0) is 95.2. The lowest BCUT2D eigenvalue weighted by Crippen LogP contribution is -2.62. The van der Waals surface area contributed by atoms with E-state index in [2.05, 4.69) is 52.2 Å². The molecule has 0 aromatic carbocycles. The molecule has 23 nitrogen and oxygen atoms in total. The summed E-state index contributed by atoms with van der Waals surface area (Å²) >= 11 is 0. The predicted molar refractivity (Wildman–Crippen MR) is 401 cm³/mol. The van der Waals surface area contributed by atoms with E-state index < -0.39 is 207 Å². The summed E-state index contributed by atoms with van der Waals surface area (Å²) in [6.45, 7) is 16.3. The maximum Gasteiger partial charge on any atom is 0.443 e. The average molecular weight is 1870 g/mol. The van der Waals surface area contributed by atoms with Gasteiger partial charge in [-0.2, -0.15) is 92.2 Å². The molecule has 44 heteroatoms. The third-order valence-electron chi connectivity index (χ3n) is 21.7. The summed E-state index contributed by atoms with van der Waals surface area (Å²) in [6, 6.07) is 0. The molecule has 0 spiro atoms. The van der Waals surface area contributed by atoms with Gasteiger partial charge < -0.3 is 85.3 Å². The molecule has 0 aromatic rings. The van der Waals surface area contributed by atoms with E-state index in [0.717, 1.165) is 77.2 Å². The highest BCUT2D eigenvalue weighted by Gasteiger charge is 2.76. The van der Waals surface area contributed by atoms with Crippen molar-refractivity contribution in [2.75, 3.05) is 72.9 Å². The molecule has 8 aliphatic rings. The maximum absolute atomic E-state index is 14.1. The molecule has 0 N–H and O–H groups in total. The van der Waals surface area contributed by atoms with Crippen LogP contribution in [0.5, 0.6) is 0 Å². The van der Waals surface area contributed by atoms with Crippen molar-refractivity contribution in [2.24, 2.45) is 23.2 Å². The van der Waals surface area contributed by atoms with Gasteiger partial charge in [-0.15, -0.1) is 0 Å². The highest BCUT2D eigenvalue weighted by atomic mass is 19.4. The van der Waals surface area contributed by atoms with Gasteiger partial charge in [-0.25, -0.2) is 19.2 Å². The highest BCUT2D eigenvalue weighted by molar-refractivity contribution is 5.90. The van der Waals surface area contributed by atoms with Gasteiger partial charge in [0.25, 0.3) is 17.4 Å². The minimum absolute atomic E-state index is 0.0133. The monoisotopic (exact) mass is 1870 g/mol. The van der Waals surface area contributed by atoms with E-state index in [1.807, 2.05) is 6.92 Å². The van der Waals surface area contributed by atoms with E-state index in [4.69, 9.17) is 66.3 Å². The van der Waals surface area contributed by atoms with Crippen LogP contribution in [0, 0.1) is 23.2 Å². The predicted octanol–water partition coefficient (Wildman–Crippen LogP) is 20.6. The Morgan fingerprint density at radius 1 is 0.516 bits per heavy atom. The van der Waals surface area contributed by atoms with Gasteiger partial charge in [-0.05, 0) is 111 Å². The zero-order valence-electron chi connectivity index (χ0n) is 71.9. The highest BCUT2D eigenvalue weighted by Crippen LogP contribution is 2.61. The third kappa shape index (κ3) is 33.9. The molecule has 732 valence electrons. The van der Waals surface area contributed by atoms with Crippen LogP contribution in [-0.4, -0.2) is 211 Å². The Balaban J connectivity index is 0.000000367. The number of hydrogen-bond donors (Lipinski definition) is 0. The molecule has 4 saturated heterocycles.